The normalized spacial score (nSPS) is 12.3. The smallest absolute Gasteiger partial charge is 0.259 e. The molecule has 1 atom stereocenters. The van der Waals surface area contributed by atoms with E-state index in [1.54, 1.807) is 24.2 Å². The van der Waals surface area contributed by atoms with Gasteiger partial charge in [0.15, 0.2) is 11.2 Å². The van der Waals surface area contributed by atoms with Crippen LogP contribution in [0, 0.1) is 6.92 Å². The van der Waals surface area contributed by atoms with Crippen molar-refractivity contribution in [2.24, 2.45) is 0 Å². The van der Waals surface area contributed by atoms with Crippen LogP contribution in [0.2, 0.25) is 0 Å². The van der Waals surface area contributed by atoms with Crippen LogP contribution in [-0.2, 0) is 4.79 Å². The lowest BCUT2D eigenvalue weighted by atomic mass is 10.2. The quantitative estimate of drug-likeness (QED) is 0.684. The predicted molar refractivity (Wildman–Crippen MR) is 91.7 cm³/mol. The van der Waals surface area contributed by atoms with Gasteiger partial charge in [-0.05, 0) is 43.7 Å². The van der Waals surface area contributed by atoms with Crippen molar-refractivity contribution >= 4 is 34.6 Å². The Morgan fingerprint density at radius 3 is 2.87 bits per heavy atom. The Kier molecular flexibility index (Phi) is 4.34. The van der Waals surface area contributed by atoms with Crippen LogP contribution in [-0.4, -0.2) is 28.2 Å². The van der Waals surface area contributed by atoms with Crippen molar-refractivity contribution in [1.29, 1.82) is 0 Å². The minimum atomic E-state index is -0.312. The van der Waals surface area contributed by atoms with Crippen molar-refractivity contribution in [3.05, 3.63) is 48.2 Å². The number of pyridine rings is 1. The van der Waals surface area contributed by atoms with E-state index < -0.39 is 0 Å². The number of nitrogens with zero attached hydrogens (tertiary/aromatic N) is 3. The van der Waals surface area contributed by atoms with Gasteiger partial charge in [0.1, 0.15) is 0 Å². The Morgan fingerprint density at radius 2 is 2.13 bits per heavy atom. The van der Waals surface area contributed by atoms with E-state index in [0.717, 1.165) is 11.3 Å². The second-order valence-corrected chi connectivity index (χ2v) is 6.59. The van der Waals surface area contributed by atoms with Crippen LogP contribution in [0.1, 0.15) is 12.5 Å². The minimum Gasteiger partial charge on any atom is -0.430 e. The fraction of sp³-hybridized carbons (Fsp3) is 0.235. The monoisotopic (exact) mass is 327 g/mol. The maximum absolute atomic E-state index is 12.6. The molecule has 6 heteroatoms. The SMILES string of the molecule is Cc1cccc(N(C)C(=O)[C@H](C)Sc2nc3ncccc3o2)c1. The van der Waals surface area contributed by atoms with Gasteiger partial charge in [0.25, 0.3) is 5.22 Å². The highest BCUT2D eigenvalue weighted by Crippen LogP contribution is 2.27. The second kappa shape index (κ2) is 6.42. The van der Waals surface area contributed by atoms with Gasteiger partial charge in [0.2, 0.25) is 5.91 Å². The molecule has 118 valence electrons. The molecule has 0 spiro atoms. The van der Waals surface area contributed by atoms with Crippen LogP contribution >= 0.6 is 11.8 Å². The summed E-state index contributed by atoms with van der Waals surface area (Å²) in [6.45, 7) is 3.85. The molecule has 0 fully saturated rings. The van der Waals surface area contributed by atoms with Gasteiger partial charge < -0.3 is 9.32 Å². The van der Waals surface area contributed by atoms with E-state index in [1.807, 2.05) is 44.2 Å². The number of thioether (sulfide) groups is 1. The van der Waals surface area contributed by atoms with E-state index in [4.69, 9.17) is 4.42 Å². The first-order valence-corrected chi connectivity index (χ1v) is 8.15. The molecule has 0 radical (unpaired) electrons. The van der Waals surface area contributed by atoms with Gasteiger partial charge in [0.05, 0.1) is 5.25 Å². The number of carbonyl (C=O) groups is 1. The highest BCUT2D eigenvalue weighted by atomic mass is 32.2. The fourth-order valence-corrected chi connectivity index (χ4v) is 3.08. The number of hydrogen-bond acceptors (Lipinski definition) is 5. The number of oxazole rings is 1. The third-order valence-corrected chi connectivity index (χ3v) is 4.42. The van der Waals surface area contributed by atoms with Crippen LogP contribution in [0.15, 0.2) is 52.2 Å². The number of fused-ring (bicyclic) bond motifs is 1. The highest BCUT2D eigenvalue weighted by molar-refractivity contribution is 8.00. The Morgan fingerprint density at radius 1 is 1.30 bits per heavy atom. The number of amides is 1. The van der Waals surface area contributed by atoms with Gasteiger partial charge >= 0.3 is 0 Å². The van der Waals surface area contributed by atoms with Gasteiger partial charge in [-0.15, -0.1) is 0 Å². The number of aryl methyl sites for hydroxylation is 1. The van der Waals surface area contributed by atoms with Crippen molar-refractivity contribution in [2.45, 2.75) is 24.3 Å². The van der Waals surface area contributed by atoms with Gasteiger partial charge in [0, 0.05) is 18.9 Å². The standard InChI is InChI=1S/C17H17N3O2S/c1-11-6-4-7-13(10-11)20(3)16(21)12(2)23-17-19-15-14(22-17)8-5-9-18-15/h4-10,12H,1-3H3/t12-/m0/s1. The lowest BCUT2D eigenvalue weighted by molar-refractivity contribution is -0.117. The number of rotatable bonds is 4. The van der Waals surface area contributed by atoms with E-state index in [2.05, 4.69) is 9.97 Å². The molecule has 0 saturated carbocycles. The molecule has 2 heterocycles. The van der Waals surface area contributed by atoms with E-state index in [9.17, 15) is 4.79 Å². The summed E-state index contributed by atoms with van der Waals surface area (Å²) in [6.07, 6.45) is 1.67. The van der Waals surface area contributed by atoms with E-state index >= 15 is 0 Å². The molecule has 0 aliphatic carbocycles. The maximum atomic E-state index is 12.6. The van der Waals surface area contributed by atoms with Crippen molar-refractivity contribution in [1.82, 2.24) is 9.97 Å². The Labute approximate surface area is 138 Å². The zero-order chi connectivity index (χ0) is 16.4. The topological polar surface area (TPSA) is 59.2 Å². The van der Waals surface area contributed by atoms with E-state index in [-0.39, 0.29) is 11.2 Å². The maximum Gasteiger partial charge on any atom is 0.259 e. The first kappa shape index (κ1) is 15.6. The van der Waals surface area contributed by atoms with Crippen LogP contribution in [0.3, 0.4) is 0 Å². The first-order chi connectivity index (χ1) is 11.0. The van der Waals surface area contributed by atoms with Crippen molar-refractivity contribution in [3.63, 3.8) is 0 Å². The average Bonchev–Trinajstić information content (AvgIpc) is 2.95. The zero-order valence-electron chi connectivity index (χ0n) is 13.2. The summed E-state index contributed by atoms with van der Waals surface area (Å²) < 4.78 is 5.61. The molecule has 5 nitrogen and oxygen atoms in total. The summed E-state index contributed by atoms with van der Waals surface area (Å²) in [5, 5.41) is 0.144. The molecule has 3 aromatic rings. The van der Waals surface area contributed by atoms with Crippen LogP contribution in [0.25, 0.3) is 11.2 Å². The van der Waals surface area contributed by atoms with Gasteiger partial charge in [-0.1, -0.05) is 23.9 Å². The largest absolute Gasteiger partial charge is 0.430 e. The lowest BCUT2D eigenvalue weighted by Gasteiger charge is -2.20. The average molecular weight is 327 g/mol. The number of benzene rings is 1. The third kappa shape index (κ3) is 3.37. The molecule has 3 rings (SSSR count). The molecule has 0 aliphatic heterocycles. The molecule has 0 unspecified atom stereocenters. The molecule has 0 aliphatic rings. The van der Waals surface area contributed by atoms with Crippen LogP contribution in [0.5, 0.6) is 0 Å². The molecule has 23 heavy (non-hydrogen) atoms. The highest BCUT2D eigenvalue weighted by Gasteiger charge is 2.22. The summed E-state index contributed by atoms with van der Waals surface area (Å²) in [4.78, 5) is 22.7. The Balaban J connectivity index is 1.74. The van der Waals surface area contributed by atoms with Gasteiger partial charge in [-0.2, -0.15) is 4.98 Å². The van der Waals surface area contributed by atoms with Crippen LogP contribution < -0.4 is 4.90 Å². The van der Waals surface area contributed by atoms with E-state index in [1.165, 1.54) is 11.8 Å². The molecule has 0 N–H and O–H groups in total. The van der Waals surface area contributed by atoms with Crippen LogP contribution in [0.4, 0.5) is 5.69 Å². The summed E-state index contributed by atoms with van der Waals surface area (Å²) in [5.41, 5.74) is 3.18. The molecular formula is C17H17N3O2S. The van der Waals surface area contributed by atoms with Crippen molar-refractivity contribution < 1.29 is 9.21 Å². The predicted octanol–water partition coefficient (Wildman–Crippen LogP) is 3.67. The van der Waals surface area contributed by atoms with Crippen molar-refractivity contribution in [3.8, 4) is 0 Å². The summed E-state index contributed by atoms with van der Waals surface area (Å²) >= 11 is 1.30. The first-order valence-electron chi connectivity index (χ1n) is 7.27. The molecule has 1 aromatic carbocycles. The number of carbonyl (C=O) groups excluding carboxylic acids is 1. The van der Waals surface area contributed by atoms with Crippen molar-refractivity contribution in [2.75, 3.05) is 11.9 Å². The van der Waals surface area contributed by atoms with Gasteiger partial charge in [-0.25, -0.2) is 4.98 Å². The molecule has 0 bridgehead atoms. The van der Waals surface area contributed by atoms with E-state index in [0.29, 0.717) is 16.5 Å². The lowest BCUT2D eigenvalue weighted by Crippen LogP contribution is -2.33. The molecule has 1 amide bonds. The Hall–Kier alpha value is -2.34. The van der Waals surface area contributed by atoms with Gasteiger partial charge in [-0.3, -0.25) is 4.79 Å². The zero-order valence-corrected chi connectivity index (χ0v) is 14.0. The minimum absolute atomic E-state index is 0.00387. The molecule has 2 aromatic heterocycles. The Bertz CT molecular complexity index is 813. The molecule has 0 saturated heterocycles. The number of anilines is 1. The fourth-order valence-electron chi connectivity index (χ4n) is 2.24. The molecular weight excluding hydrogens is 310 g/mol. The number of hydrogen-bond donors (Lipinski definition) is 0. The summed E-state index contributed by atoms with van der Waals surface area (Å²) in [7, 11) is 1.78. The summed E-state index contributed by atoms with van der Waals surface area (Å²) in [6, 6.07) is 11.5. The third-order valence-electron chi connectivity index (χ3n) is 3.49. The summed E-state index contributed by atoms with van der Waals surface area (Å²) in [5.74, 6) is -0.00387. The number of aromatic nitrogens is 2. The second-order valence-electron chi connectivity index (χ2n) is 5.30.